The lowest BCUT2D eigenvalue weighted by molar-refractivity contribution is -0.119. The number of amides is 3. The third-order valence-corrected chi connectivity index (χ3v) is 16.7. The van der Waals surface area contributed by atoms with Crippen LogP contribution >= 0.6 is 24.8 Å². The van der Waals surface area contributed by atoms with Crippen molar-refractivity contribution in [3.05, 3.63) is 220 Å². The zero-order chi connectivity index (χ0) is 69.3. The largest absolute Gasteiger partial charge is 0.508 e. The maximum absolute atomic E-state index is 11.9. The number of anilines is 3. The Kier molecular flexibility index (Phi) is 27.9. The van der Waals surface area contributed by atoms with Gasteiger partial charge in [0.25, 0.3) is 17.7 Å². The molecule has 0 spiro atoms. The molecule has 8 aromatic rings. The van der Waals surface area contributed by atoms with Crippen molar-refractivity contribution in [3.63, 3.8) is 0 Å². The van der Waals surface area contributed by atoms with E-state index in [0.717, 1.165) is 60.3 Å². The van der Waals surface area contributed by atoms with Gasteiger partial charge in [-0.25, -0.2) is 0 Å². The quantitative estimate of drug-likeness (QED) is 0.0294. The van der Waals surface area contributed by atoms with E-state index < -0.39 is 12.2 Å². The second-order valence-electron chi connectivity index (χ2n) is 27.2. The molecule has 8 N–H and O–H groups in total. The summed E-state index contributed by atoms with van der Waals surface area (Å²) in [6, 6.07) is 54.7. The number of benzene rings is 8. The first-order chi connectivity index (χ1) is 46.4. The summed E-state index contributed by atoms with van der Waals surface area (Å²) >= 11 is 0. The van der Waals surface area contributed by atoms with Crippen LogP contribution in [0.2, 0.25) is 0 Å². The molecule has 4 aliphatic heterocycles. The van der Waals surface area contributed by atoms with Crippen LogP contribution in [0, 0.1) is 17.8 Å². The Hall–Kier alpha value is -9.01. The van der Waals surface area contributed by atoms with E-state index in [0.29, 0.717) is 89.6 Å². The van der Waals surface area contributed by atoms with Crippen molar-refractivity contribution in [2.45, 2.75) is 130 Å². The van der Waals surface area contributed by atoms with Gasteiger partial charge in [0.2, 0.25) is 0 Å². The SMILES string of the molecule is COc1ccc(CC(C)(C)CC[C@H](O)c2cc(O)cc3c2OCC(=O)N3)cc1.COc1ccc(CC(C)(C)CC[C@H](O)c2cc(OCc3ccccc3)cc3c2OCC(=O)N3)cc1.Cc1ccc(CC(C)(C)N)cc1.Cl.Cl.O=C1COc2c(cc(OCc3ccccc3)cc2[C@@H]2CO2)N1. The van der Waals surface area contributed by atoms with Crippen LogP contribution in [0.4, 0.5) is 17.1 Å². The van der Waals surface area contributed by atoms with Crippen LogP contribution in [0.15, 0.2) is 170 Å². The monoisotopic (exact) mass is 1390 g/mol. The number of halogens is 2. The normalized spacial score (nSPS) is 14.7. The predicted octanol–water partition coefficient (Wildman–Crippen LogP) is 15.3. The van der Waals surface area contributed by atoms with Crippen molar-refractivity contribution in [3.8, 4) is 46.0 Å². The number of nitrogens with one attached hydrogen (secondary N) is 3. The van der Waals surface area contributed by atoms with Crippen molar-refractivity contribution >= 4 is 59.6 Å². The van der Waals surface area contributed by atoms with Gasteiger partial charge in [-0.05, 0) is 147 Å². The molecular weight excluding hydrogens is 1300 g/mol. The highest BCUT2D eigenvalue weighted by atomic mass is 35.5. The number of rotatable bonds is 23. The molecule has 0 aromatic heterocycles. The van der Waals surface area contributed by atoms with Crippen molar-refractivity contribution in [2.24, 2.45) is 16.6 Å². The fraction of sp³-hybridized carbons (Fsp3) is 0.354. The Morgan fingerprint density at radius 3 is 1.30 bits per heavy atom. The van der Waals surface area contributed by atoms with Gasteiger partial charge in [0.15, 0.2) is 19.8 Å². The number of hydrogen-bond acceptors (Lipinski definition) is 15. The maximum atomic E-state index is 11.9. The molecule has 8 aromatic carbocycles. The Labute approximate surface area is 593 Å². The summed E-state index contributed by atoms with van der Waals surface area (Å²) in [6.07, 6.45) is 3.80. The molecule has 0 bridgehead atoms. The Morgan fingerprint density at radius 2 is 0.879 bits per heavy atom. The Morgan fingerprint density at radius 1 is 0.495 bits per heavy atom. The summed E-state index contributed by atoms with van der Waals surface area (Å²) in [5, 5.41) is 40.2. The predicted molar refractivity (Wildman–Crippen MR) is 391 cm³/mol. The van der Waals surface area contributed by atoms with Gasteiger partial charge in [-0.2, -0.15) is 0 Å². The van der Waals surface area contributed by atoms with Gasteiger partial charge in [-0.1, -0.05) is 142 Å². The molecule has 0 unspecified atom stereocenters. The van der Waals surface area contributed by atoms with Gasteiger partial charge in [-0.15, -0.1) is 24.8 Å². The standard InChI is InChI=1S/C29H33NO5.C22H27NO5.C17H15NO4.C11H17N.2ClH/c1-29(2,17-20-9-11-22(33-3)12-10-20)14-13-26(31)24-15-23(34-18-21-7-5-4-6-8-21)16-25-28(24)35-19-27(32)30-25;1-22(2,12-14-4-6-16(27-3)7-5-14)9-8-19(25)17-10-15(24)11-18-21(17)28-13-20(26)23-18;19-16-10-22-17-13(15-9-21-15)6-12(7-14(17)18-16)20-8-11-4-2-1-3-5-11;1-9-4-6-10(7-5-9)8-11(2,3)12;;/h4-12,15-16,26,31H,13-14,17-19H2,1-3H3,(H,30,32);4-7,10-11,19,24-25H,8-9,12-13H2,1-3H3,(H,23,26);1-7,15H,8-10H2,(H,18,19);4-7H,8,12H2,1-3H3;2*1H/t26-;19-;15-;;;/m000.../s1. The van der Waals surface area contributed by atoms with E-state index in [-0.39, 0.29) is 90.6 Å². The summed E-state index contributed by atoms with van der Waals surface area (Å²) < 4.78 is 44.4. The highest BCUT2D eigenvalue weighted by Crippen LogP contribution is 2.46. The third-order valence-electron chi connectivity index (χ3n) is 16.7. The molecule has 12 rings (SSSR count). The number of aliphatic hydroxyl groups is 2. The number of methoxy groups -OCH3 is 2. The number of aryl methyl sites for hydroxylation is 1. The van der Waals surface area contributed by atoms with E-state index in [4.69, 9.17) is 43.6 Å². The molecule has 4 heterocycles. The number of phenols is 1. The molecule has 18 nitrogen and oxygen atoms in total. The molecule has 4 aliphatic rings. The first kappa shape index (κ1) is 77.3. The van der Waals surface area contributed by atoms with E-state index in [1.54, 1.807) is 26.4 Å². The number of carbonyl (C=O) groups is 3. The molecule has 3 atom stereocenters. The lowest BCUT2D eigenvalue weighted by Crippen LogP contribution is -2.34. The van der Waals surface area contributed by atoms with E-state index in [1.807, 2.05) is 111 Å². The molecule has 1 saturated heterocycles. The number of ether oxygens (including phenoxy) is 8. The van der Waals surface area contributed by atoms with E-state index in [1.165, 1.54) is 34.4 Å². The smallest absolute Gasteiger partial charge is 0.262 e. The summed E-state index contributed by atoms with van der Waals surface area (Å²) in [6.45, 7) is 16.3. The number of fused-ring (bicyclic) bond motifs is 3. The van der Waals surface area contributed by atoms with Crippen molar-refractivity contribution in [1.82, 2.24) is 0 Å². The van der Waals surface area contributed by atoms with Gasteiger partial charge in [0.1, 0.15) is 65.3 Å². The number of epoxide rings is 1. The van der Waals surface area contributed by atoms with Gasteiger partial charge >= 0.3 is 0 Å². The molecular formula is C79H94Cl2N4O14. The number of aliphatic hydroxyl groups excluding tert-OH is 2. The average Bonchev–Trinajstić information content (AvgIpc) is 1.79. The fourth-order valence-corrected chi connectivity index (χ4v) is 11.6. The van der Waals surface area contributed by atoms with Gasteiger partial charge < -0.3 is 74.9 Å². The molecule has 0 aliphatic carbocycles. The third kappa shape index (κ3) is 23.9. The number of carbonyl (C=O) groups excluding carboxylic acids is 3. The molecule has 20 heteroatoms. The highest BCUT2D eigenvalue weighted by molar-refractivity contribution is 5.97. The molecule has 3 amide bonds. The number of aromatic hydroxyl groups is 1. The molecule has 528 valence electrons. The van der Waals surface area contributed by atoms with E-state index in [9.17, 15) is 29.7 Å². The van der Waals surface area contributed by atoms with Crippen LogP contribution in [0.5, 0.6) is 46.0 Å². The summed E-state index contributed by atoms with van der Waals surface area (Å²) in [4.78, 5) is 34.9. The first-order valence-electron chi connectivity index (χ1n) is 32.8. The van der Waals surface area contributed by atoms with Gasteiger partial charge in [-0.3, -0.25) is 14.4 Å². The minimum Gasteiger partial charge on any atom is -0.508 e. The second kappa shape index (κ2) is 35.7. The Bertz CT molecular complexity index is 3920. The highest BCUT2D eigenvalue weighted by Gasteiger charge is 2.34. The molecule has 0 radical (unpaired) electrons. The van der Waals surface area contributed by atoms with Crippen LogP contribution in [0.3, 0.4) is 0 Å². The minimum atomic E-state index is -0.800. The van der Waals surface area contributed by atoms with Gasteiger partial charge in [0.05, 0.1) is 50.1 Å². The van der Waals surface area contributed by atoms with Crippen molar-refractivity contribution < 1.29 is 67.6 Å². The number of nitrogens with two attached hydrogens (primary N) is 1. The fourth-order valence-electron chi connectivity index (χ4n) is 11.6. The van der Waals surface area contributed by atoms with Crippen LogP contribution in [-0.2, 0) is 51.6 Å². The average molecular weight is 1390 g/mol. The zero-order valence-electron chi connectivity index (χ0n) is 57.8. The van der Waals surface area contributed by atoms with Crippen LogP contribution in [-0.4, -0.2) is 79.2 Å². The van der Waals surface area contributed by atoms with Crippen molar-refractivity contribution in [2.75, 3.05) is 56.6 Å². The van der Waals surface area contributed by atoms with Crippen LogP contribution < -0.4 is 54.8 Å². The van der Waals surface area contributed by atoms with Crippen LogP contribution in [0.25, 0.3) is 0 Å². The molecule has 0 saturated carbocycles. The number of phenolic OH excluding ortho intramolecular Hbond substituents is 1. The lowest BCUT2D eigenvalue weighted by atomic mass is 9.80. The van der Waals surface area contributed by atoms with Gasteiger partial charge in [0, 0.05) is 40.4 Å². The first-order valence-corrected chi connectivity index (χ1v) is 32.8. The van der Waals surface area contributed by atoms with E-state index in [2.05, 4.69) is 99.1 Å². The van der Waals surface area contributed by atoms with Crippen molar-refractivity contribution in [1.29, 1.82) is 0 Å². The molecule has 1 fully saturated rings. The second-order valence-corrected chi connectivity index (χ2v) is 27.2. The minimum absolute atomic E-state index is 0. The van der Waals surface area contributed by atoms with Crippen LogP contribution in [0.1, 0.15) is 136 Å². The summed E-state index contributed by atoms with van der Waals surface area (Å²) in [5.74, 6) is 3.89. The zero-order valence-corrected chi connectivity index (χ0v) is 59.4. The molecule has 99 heavy (non-hydrogen) atoms. The lowest BCUT2D eigenvalue weighted by Gasteiger charge is -2.28. The number of hydrogen-bond donors (Lipinski definition) is 7. The summed E-state index contributed by atoms with van der Waals surface area (Å²) in [5.41, 5.74) is 16.5. The van der Waals surface area contributed by atoms with E-state index >= 15 is 0 Å². The topological polar surface area (TPSA) is 251 Å². The summed E-state index contributed by atoms with van der Waals surface area (Å²) in [7, 11) is 3.31. The Balaban J connectivity index is 0.000000194. The maximum Gasteiger partial charge on any atom is 0.262 e.